The summed E-state index contributed by atoms with van der Waals surface area (Å²) in [5.74, 6) is 0. The lowest BCUT2D eigenvalue weighted by atomic mass is 9.65. The van der Waals surface area contributed by atoms with Crippen LogP contribution >= 0.6 is 0 Å². The normalized spacial score (nSPS) is 21.0. The van der Waals surface area contributed by atoms with E-state index in [4.69, 9.17) is 9.47 Å². The van der Waals surface area contributed by atoms with Gasteiger partial charge >= 0.3 is 6.18 Å². The lowest BCUT2D eigenvalue weighted by molar-refractivity contribution is -0.753. The van der Waals surface area contributed by atoms with Crippen LogP contribution in [0.15, 0.2) is 79.1 Å². The first kappa shape index (κ1) is 25.9. The number of hydrogen-bond donors (Lipinski definition) is 0. The van der Waals surface area contributed by atoms with Gasteiger partial charge < -0.3 is 13.9 Å². The monoisotopic (exact) mass is 556 g/mol. The minimum Gasteiger partial charge on any atom is -0.384 e. The third kappa shape index (κ3) is 3.32. The number of methoxy groups -OCH3 is 2. The molecule has 0 saturated carbocycles. The third-order valence-electron chi connectivity index (χ3n) is 9.07. The van der Waals surface area contributed by atoms with Crippen LogP contribution in [0.2, 0.25) is 0 Å². The number of para-hydroxylation sites is 2. The molecule has 2 unspecified atom stereocenters. The van der Waals surface area contributed by atoms with Crippen LogP contribution in [0.25, 0.3) is 49.4 Å². The number of halogens is 3. The fraction of sp³-hybridized carbons (Fsp3) is 0.273. The van der Waals surface area contributed by atoms with Gasteiger partial charge in [-0.2, -0.15) is 13.2 Å². The number of hydrogen-bond acceptors (Lipinski definition) is 3. The maximum Gasteiger partial charge on any atom is 0.416 e. The molecule has 4 heterocycles. The molecule has 0 N–H and O–H groups in total. The van der Waals surface area contributed by atoms with Gasteiger partial charge in [0.25, 0.3) is 6.33 Å². The second kappa shape index (κ2) is 8.74. The summed E-state index contributed by atoms with van der Waals surface area (Å²) in [5, 5.41) is 3.99. The number of rotatable bonds is 5. The standard InChI is InChI=1S/C33H29F3N3O2/c1-31(18-41-4)30-27(24-11-7-10-22-21-9-5-6-12-26(21)39(30)28(22)24)29-23-14-13-20(33(34,35)36)17-25(23)37-19-38(29)32(31,2)15-8-16-40-3/h5-15,17,19H,16,18H2,1-4H3/q+1/b15-8+. The molecule has 0 saturated heterocycles. The van der Waals surface area contributed by atoms with Gasteiger partial charge in [-0.15, -0.1) is 0 Å². The van der Waals surface area contributed by atoms with Crippen molar-refractivity contribution in [2.75, 3.05) is 27.4 Å². The molecule has 8 heteroatoms. The lowest BCUT2D eigenvalue weighted by Gasteiger charge is -2.46. The summed E-state index contributed by atoms with van der Waals surface area (Å²) < 4.78 is 56.9. The number of benzene rings is 3. The Morgan fingerprint density at radius 1 is 0.927 bits per heavy atom. The molecule has 208 valence electrons. The molecule has 2 atom stereocenters. The smallest absolute Gasteiger partial charge is 0.384 e. The number of fused-ring (bicyclic) bond motifs is 10. The first-order chi connectivity index (χ1) is 19.7. The van der Waals surface area contributed by atoms with Gasteiger partial charge in [-0.05, 0) is 43.1 Å². The highest BCUT2D eigenvalue weighted by atomic mass is 19.4. The van der Waals surface area contributed by atoms with Gasteiger partial charge in [-0.1, -0.05) is 42.5 Å². The Labute approximate surface area is 234 Å². The molecular weight excluding hydrogens is 527 g/mol. The molecule has 7 rings (SSSR count). The van der Waals surface area contributed by atoms with E-state index in [0.717, 1.165) is 56.3 Å². The zero-order valence-corrected chi connectivity index (χ0v) is 23.2. The molecule has 0 bridgehead atoms. The van der Waals surface area contributed by atoms with E-state index in [1.807, 2.05) is 18.2 Å². The van der Waals surface area contributed by atoms with Crippen LogP contribution in [0.1, 0.15) is 25.1 Å². The van der Waals surface area contributed by atoms with Crippen molar-refractivity contribution in [3.63, 3.8) is 0 Å². The zero-order valence-electron chi connectivity index (χ0n) is 23.2. The van der Waals surface area contributed by atoms with E-state index in [1.54, 1.807) is 26.6 Å². The van der Waals surface area contributed by atoms with Gasteiger partial charge in [-0.25, -0.2) is 4.57 Å². The Balaban J connectivity index is 1.72. The molecular formula is C33H29F3N3O2+. The number of nitrogens with zero attached hydrogens (tertiary/aromatic N) is 3. The lowest BCUT2D eigenvalue weighted by Crippen LogP contribution is -2.68. The van der Waals surface area contributed by atoms with Crippen molar-refractivity contribution >= 4 is 38.1 Å². The Kier molecular flexibility index (Phi) is 5.53. The van der Waals surface area contributed by atoms with Crippen LogP contribution in [0.4, 0.5) is 13.2 Å². The molecule has 3 aromatic carbocycles. The summed E-state index contributed by atoms with van der Waals surface area (Å²) in [6, 6.07) is 18.5. The number of aromatic nitrogens is 3. The van der Waals surface area contributed by atoms with Crippen LogP contribution < -0.4 is 4.57 Å². The van der Waals surface area contributed by atoms with Crippen molar-refractivity contribution in [1.82, 2.24) is 9.38 Å². The number of allylic oxidation sites excluding steroid dienone is 1. The molecule has 0 amide bonds. The van der Waals surface area contributed by atoms with E-state index in [9.17, 15) is 13.2 Å². The molecule has 1 aliphatic rings. The van der Waals surface area contributed by atoms with Crippen LogP contribution in [0, 0.1) is 0 Å². The molecule has 0 fully saturated rings. The molecule has 5 nitrogen and oxygen atoms in total. The molecule has 0 radical (unpaired) electrons. The van der Waals surface area contributed by atoms with E-state index in [-0.39, 0.29) is 0 Å². The Hall–Kier alpha value is -4.01. The van der Waals surface area contributed by atoms with Crippen molar-refractivity contribution in [2.24, 2.45) is 0 Å². The van der Waals surface area contributed by atoms with Crippen LogP contribution in [0.3, 0.4) is 0 Å². The van der Waals surface area contributed by atoms with Crippen molar-refractivity contribution < 1.29 is 27.2 Å². The van der Waals surface area contributed by atoms with E-state index in [0.29, 0.717) is 24.1 Å². The predicted octanol–water partition coefficient (Wildman–Crippen LogP) is 7.04. The van der Waals surface area contributed by atoms with Gasteiger partial charge in [0.05, 0.1) is 46.2 Å². The summed E-state index contributed by atoms with van der Waals surface area (Å²) in [6.45, 7) is 5.13. The van der Waals surface area contributed by atoms with Crippen LogP contribution in [-0.2, 0) is 26.6 Å². The van der Waals surface area contributed by atoms with Crippen molar-refractivity contribution in [2.45, 2.75) is 31.0 Å². The Bertz CT molecular complexity index is 2010. The zero-order chi connectivity index (χ0) is 28.7. The largest absolute Gasteiger partial charge is 0.416 e. The summed E-state index contributed by atoms with van der Waals surface area (Å²) in [4.78, 5) is 4.60. The average Bonchev–Trinajstić information content (AvgIpc) is 3.48. The van der Waals surface area contributed by atoms with Crippen LogP contribution in [0.5, 0.6) is 0 Å². The first-order valence-electron chi connectivity index (χ1n) is 13.5. The summed E-state index contributed by atoms with van der Waals surface area (Å²) >= 11 is 0. The maximum atomic E-state index is 13.7. The van der Waals surface area contributed by atoms with E-state index >= 15 is 0 Å². The van der Waals surface area contributed by atoms with E-state index in [1.165, 1.54) is 0 Å². The highest BCUT2D eigenvalue weighted by Crippen LogP contribution is 2.53. The molecule has 0 spiro atoms. The van der Waals surface area contributed by atoms with Crippen LogP contribution in [-0.4, -0.2) is 36.8 Å². The quantitative estimate of drug-likeness (QED) is 0.169. The molecule has 3 aromatic heterocycles. The number of ether oxygens (including phenoxy) is 2. The predicted molar refractivity (Wildman–Crippen MR) is 153 cm³/mol. The summed E-state index contributed by atoms with van der Waals surface area (Å²) in [7, 11) is 3.35. The average molecular weight is 557 g/mol. The molecule has 41 heavy (non-hydrogen) atoms. The fourth-order valence-corrected chi connectivity index (χ4v) is 7.03. The maximum absolute atomic E-state index is 13.7. The fourth-order valence-electron chi connectivity index (χ4n) is 7.03. The minimum absolute atomic E-state index is 0.296. The van der Waals surface area contributed by atoms with Gasteiger partial charge in [-0.3, -0.25) is 0 Å². The highest BCUT2D eigenvalue weighted by Gasteiger charge is 2.57. The second-order valence-electron chi connectivity index (χ2n) is 11.2. The third-order valence-corrected chi connectivity index (χ3v) is 9.07. The van der Waals surface area contributed by atoms with Gasteiger partial charge in [0, 0.05) is 42.1 Å². The van der Waals surface area contributed by atoms with E-state index in [2.05, 4.69) is 64.2 Å². The topological polar surface area (TPSA) is 39.6 Å². The van der Waals surface area contributed by atoms with Gasteiger partial charge in [0.2, 0.25) is 0 Å². The van der Waals surface area contributed by atoms with Crippen molar-refractivity contribution in [3.8, 4) is 11.3 Å². The number of alkyl halides is 3. The molecule has 6 aromatic rings. The van der Waals surface area contributed by atoms with E-state index < -0.39 is 22.7 Å². The van der Waals surface area contributed by atoms with Crippen molar-refractivity contribution in [3.05, 3.63) is 90.4 Å². The van der Waals surface area contributed by atoms with Crippen molar-refractivity contribution in [1.29, 1.82) is 0 Å². The molecule has 0 aliphatic carbocycles. The minimum atomic E-state index is -4.46. The van der Waals surface area contributed by atoms with Gasteiger partial charge in [0.15, 0.2) is 5.52 Å². The summed E-state index contributed by atoms with van der Waals surface area (Å²) in [6.07, 6.45) is 1.32. The SMILES string of the molecule is COC/C=C/C1(C)[n+]2cnc3cc(C(F)(F)F)ccc3c2-c2c(n3c4ccccc4c4cccc2c43)C1(C)COC. The molecule has 1 aliphatic heterocycles. The second-order valence-corrected chi connectivity index (χ2v) is 11.2. The Morgan fingerprint density at radius 3 is 2.44 bits per heavy atom. The van der Waals surface area contributed by atoms with Gasteiger partial charge in [0.1, 0.15) is 11.2 Å². The highest BCUT2D eigenvalue weighted by molar-refractivity contribution is 6.19. The summed E-state index contributed by atoms with van der Waals surface area (Å²) in [5.41, 5.74) is 3.29. The Morgan fingerprint density at radius 2 is 1.68 bits per heavy atom. The first-order valence-corrected chi connectivity index (χ1v) is 13.5.